The van der Waals surface area contributed by atoms with Crippen LogP contribution in [0.2, 0.25) is 0 Å². The summed E-state index contributed by atoms with van der Waals surface area (Å²) in [5.41, 5.74) is 0.916. The summed E-state index contributed by atoms with van der Waals surface area (Å²) in [6, 6.07) is 6.21. The summed E-state index contributed by atoms with van der Waals surface area (Å²) in [7, 11) is 1.59. The van der Waals surface area contributed by atoms with Crippen LogP contribution in [0.5, 0.6) is 0 Å². The van der Waals surface area contributed by atoms with Crippen molar-refractivity contribution in [3.05, 3.63) is 35.6 Å². The van der Waals surface area contributed by atoms with Gasteiger partial charge in [0.15, 0.2) is 0 Å². The molecule has 0 aliphatic heterocycles. The van der Waals surface area contributed by atoms with Crippen molar-refractivity contribution in [3.63, 3.8) is 0 Å². The number of hydrogen-bond acceptors (Lipinski definition) is 3. The lowest BCUT2D eigenvalue weighted by Gasteiger charge is -2.13. The lowest BCUT2D eigenvalue weighted by molar-refractivity contribution is -0.122. The lowest BCUT2D eigenvalue weighted by Crippen LogP contribution is -2.43. The molecule has 2 N–H and O–H groups in total. The summed E-state index contributed by atoms with van der Waals surface area (Å²) in [4.78, 5) is 11.6. The van der Waals surface area contributed by atoms with Crippen molar-refractivity contribution < 1.29 is 13.9 Å². The highest BCUT2D eigenvalue weighted by Crippen LogP contribution is 2.03. The largest absolute Gasteiger partial charge is 0.383 e. The number of carbonyl (C=O) groups is 1. The van der Waals surface area contributed by atoms with E-state index in [4.69, 9.17) is 4.74 Å². The molecular weight excluding hydrogens is 247 g/mol. The maximum absolute atomic E-state index is 13.0. The number of hydrogen-bond donors (Lipinski definition) is 2. The molecule has 0 aliphatic rings. The molecule has 4 nitrogen and oxygen atoms in total. The first-order chi connectivity index (χ1) is 9.13. The molecule has 0 spiro atoms. The van der Waals surface area contributed by atoms with E-state index in [1.165, 1.54) is 12.1 Å². The number of nitrogens with one attached hydrogen (secondary N) is 2. The molecule has 0 aromatic heterocycles. The quantitative estimate of drug-likeness (QED) is 0.694. The topological polar surface area (TPSA) is 50.4 Å². The van der Waals surface area contributed by atoms with Crippen molar-refractivity contribution in [1.82, 2.24) is 10.6 Å². The first-order valence-electron chi connectivity index (χ1n) is 6.38. The van der Waals surface area contributed by atoms with Gasteiger partial charge in [-0.15, -0.1) is 0 Å². The number of halogens is 1. The third kappa shape index (κ3) is 6.31. The Kier molecular flexibility index (Phi) is 7.07. The van der Waals surface area contributed by atoms with Gasteiger partial charge in [-0.25, -0.2) is 4.39 Å². The van der Waals surface area contributed by atoms with Gasteiger partial charge in [0.2, 0.25) is 5.91 Å². The van der Waals surface area contributed by atoms with Crippen molar-refractivity contribution in [2.45, 2.75) is 19.4 Å². The molecule has 1 rings (SSSR count). The summed E-state index contributed by atoms with van der Waals surface area (Å²) >= 11 is 0. The fourth-order valence-corrected chi connectivity index (χ4v) is 1.65. The molecule has 19 heavy (non-hydrogen) atoms. The minimum absolute atomic E-state index is 0.0590. The molecule has 0 fully saturated rings. The van der Waals surface area contributed by atoms with Gasteiger partial charge in [-0.3, -0.25) is 4.79 Å². The molecule has 1 aromatic rings. The third-order valence-electron chi connectivity index (χ3n) is 2.75. The monoisotopic (exact) mass is 268 g/mol. The van der Waals surface area contributed by atoms with E-state index in [0.717, 1.165) is 5.56 Å². The van der Waals surface area contributed by atoms with Crippen molar-refractivity contribution in [3.8, 4) is 0 Å². The van der Waals surface area contributed by atoms with Crippen LogP contribution >= 0.6 is 0 Å². The molecule has 1 atom stereocenters. The Morgan fingerprint density at radius 2 is 2.21 bits per heavy atom. The van der Waals surface area contributed by atoms with E-state index in [1.54, 1.807) is 20.1 Å². The zero-order valence-electron chi connectivity index (χ0n) is 11.4. The van der Waals surface area contributed by atoms with E-state index in [1.807, 2.05) is 6.07 Å². The molecule has 5 heteroatoms. The van der Waals surface area contributed by atoms with Crippen LogP contribution in [-0.2, 0) is 16.0 Å². The second-order valence-electron chi connectivity index (χ2n) is 4.34. The van der Waals surface area contributed by atoms with Crippen molar-refractivity contribution in [2.24, 2.45) is 0 Å². The predicted molar refractivity (Wildman–Crippen MR) is 72.5 cm³/mol. The predicted octanol–water partition coefficient (Wildman–Crippen LogP) is 1.11. The highest BCUT2D eigenvalue weighted by Gasteiger charge is 2.10. The normalized spacial score (nSPS) is 12.2. The number of methoxy groups -OCH3 is 1. The van der Waals surface area contributed by atoms with Crippen LogP contribution in [-0.4, -0.2) is 38.8 Å². The molecule has 0 bridgehead atoms. The molecule has 0 saturated carbocycles. The van der Waals surface area contributed by atoms with Crippen molar-refractivity contribution in [1.29, 1.82) is 0 Å². The molecule has 0 aliphatic carbocycles. The number of amides is 1. The summed E-state index contributed by atoms with van der Waals surface area (Å²) in [5.74, 6) is -0.292. The average molecular weight is 268 g/mol. The number of benzene rings is 1. The SMILES string of the molecule is COCCNC(=O)C(C)NCCc1cccc(F)c1. The Morgan fingerprint density at radius 1 is 1.42 bits per heavy atom. The summed E-state index contributed by atoms with van der Waals surface area (Å²) < 4.78 is 17.8. The minimum Gasteiger partial charge on any atom is -0.383 e. The number of rotatable bonds is 8. The zero-order chi connectivity index (χ0) is 14.1. The van der Waals surface area contributed by atoms with Crippen molar-refractivity contribution >= 4 is 5.91 Å². The second-order valence-corrected chi connectivity index (χ2v) is 4.34. The Balaban J connectivity index is 2.23. The lowest BCUT2D eigenvalue weighted by atomic mass is 10.1. The van der Waals surface area contributed by atoms with Gasteiger partial charge in [0, 0.05) is 13.7 Å². The third-order valence-corrected chi connectivity index (χ3v) is 2.75. The van der Waals surface area contributed by atoms with Crippen LogP contribution in [0.25, 0.3) is 0 Å². The fraction of sp³-hybridized carbons (Fsp3) is 0.500. The Morgan fingerprint density at radius 3 is 2.89 bits per heavy atom. The highest BCUT2D eigenvalue weighted by molar-refractivity contribution is 5.81. The zero-order valence-corrected chi connectivity index (χ0v) is 11.4. The molecule has 0 heterocycles. The van der Waals surface area contributed by atoms with Gasteiger partial charge in [-0.05, 0) is 37.6 Å². The van der Waals surface area contributed by atoms with Crippen LogP contribution < -0.4 is 10.6 Å². The van der Waals surface area contributed by atoms with Gasteiger partial charge >= 0.3 is 0 Å². The average Bonchev–Trinajstić information content (AvgIpc) is 2.39. The van der Waals surface area contributed by atoms with E-state index in [-0.39, 0.29) is 17.8 Å². The maximum Gasteiger partial charge on any atom is 0.236 e. The van der Waals surface area contributed by atoms with Crippen molar-refractivity contribution in [2.75, 3.05) is 26.8 Å². The molecule has 1 unspecified atom stereocenters. The summed E-state index contributed by atoms with van der Waals surface area (Å²) in [6.45, 7) is 3.43. The first-order valence-corrected chi connectivity index (χ1v) is 6.38. The molecule has 0 radical (unpaired) electrons. The van der Waals surface area contributed by atoms with Gasteiger partial charge in [0.25, 0.3) is 0 Å². The van der Waals surface area contributed by atoms with Gasteiger partial charge in [-0.1, -0.05) is 12.1 Å². The molecule has 106 valence electrons. The standard InChI is InChI=1S/C14H21FN2O2/c1-11(14(18)17-8-9-19-2)16-7-6-12-4-3-5-13(15)10-12/h3-5,10-11,16H,6-9H2,1-2H3,(H,17,18). The number of carbonyl (C=O) groups excluding carboxylic acids is 1. The van der Waals surface area contributed by atoms with Crippen LogP contribution in [0, 0.1) is 5.82 Å². The van der Waals surface area contributed by atoms with E-state index in [0.29, 0.717) is 26.1 Å². The first kappa shape index (κ1) is 15.6. The minimum atomic E-state index is -0.273. The Bertz CT molecular complexity index is 399. The molecule has 1 amide bonds. The second kappa shape index (κ2) is 8.61. The van der Waals surface area contributed by atoms with E-state index in [9.17, 15) is 9.18 Å². The van der Waals surface area contributed by atoms with Gasteiger partial charge in [0.1, 0.15) is 5.82 Å². The van der Waals surface area contributed by atoms with E-state index >= 15 is 0 Å². The van der Waals surface area contributed by atoms with Crippen LogP contribution in [0.15, 0.2) is 24.3 Å². The summed E-state index contributed by atoms with van der Waals surface area (Å²) in [5, 5.41) is 5.86. The van der Waals surface area contributed by atoms with Crippen LogP contribution in [0.4, 0.5) is 4.39 Å². The Labute approximate surface area is 113 Å². The maximum atomic E-state index is 13.0. The number of ether oxygens (including phenoxy) is 1. The Hall–Kier alpha value is -1.46. The molecule has 1 aromatic carbocycles. The highest BCUT2D eigenvalue weighted by atomic mass is 19.1. The van der Waals surface area contributed by atoms with E-state index < -0.39 is 0 Å². The fourth-order valence-electron chi connectivity index (χ4n) is 1.65. The van der Waals surface area contributed by atoms with Gasteiger partial charge < -0.3 is 15.4 Å². The molecular formula is C14H21FN2O2. The molecule has 0 saturated heterocycles. The smallest absolute Gasteiger partial charge is 0.236 e. The summed E-state index contributed by atoms with van der Waals surface area (Å²) in [6.07, 6.45) is 0.688. The van der Waals surface area contributed by atoms with E-state index in [2.05, 4.69) is 10.6 Å². The van der Waals surface area contributed by atoms with Gasteiger partial charge in [0.05, 0.1) is 12.6 Å². The van der Waals surface area contributed by atoms with Crippen LogP contribution in [0.3, 0.4) is 0 Å². The van der Waals surface area contributed by atoms with Crippen LogP contribution in [0.1, 0.15) is 12.5 Å². The van der Waals surface area contributed by atoms with Gasteiger partial charge in [-0.2, -0.15) is 0 Å².